The zero-order valence-corrected chi connectivity index (χ0v) is 16.2. The van der Waals surface area contributed by atoms with Crippen molar-refractivity contribution >= 4 is 5.96 Å². The standard InChI is InChI=1S/C20H30N4O2/c1-16-6-7-18(19(12-16)26-11-5-10-25-4)14-23-20(21-2)22-13-17-8-9-24(3)15-17/h6-9,12,15H,5,10-11,13-14H2,1-4H3,(H2,21,22,23). The maximum Gasteiger partial charge on any atom is 0.191 e. The number of aromatic nitrogens is 1. The van der Waals surface area contributed by atoms with Crippen molar-refractivity contribution in [2.45, 2.75) is 26.4 Å². The van der Waals surface area contributed by atoms with E-state index in [4.69, 9.17) is 9.47 Å². The minimum absolute atomic E-state index is 0.644. The molecular weight excluding hydrogens is 328 g/mol. The van der Waals surface area contributed by atoms with E-state index in [0.717, 1.165) is 30.2 Å². The molecule has 0 fully saturated rings. The van der Waals surface area contributed by atoms with Crippen molar-refractivity contribution in [3.8, 4) is 5.75 Å². The fourth-order valence-corrected chi connectivity index (χ4v) is 2.58. The molecule has 0 aliphatic rings. The molecule has 0 saturated carbocycles. The maximum atomic E-state index is 5.93. The highest BCUT2D eigenvalue weighted by Gasteiger charge is 2.06. The highest BCUT2D eigenvalue weighted by Crippen LogP contribution is 2.20. The Morgan fingerprint density at radius 3 is 2.65 bits per heavy atom. The highest BCUT2D eigenvalue weighted by atomic mass is 16.5. The lowest BCUT2D eigenvalue weighted by molar-refractivity contribution is 0.171. The summed E-state index contributed by atoms with van der Waals surface area (Å²) in [5.74, 6) is 1.67. The van der Waals surface area contributed by atoms with Crippen LogP contribution in [0, 0.1) is 6.92 Å². The number of benzene rings is 1. The number of hydrogen-bond acceptors (Lipinski definition) is 3. The molecule has 1 heterocycles. The number of rotatable bonds is 9. The third-order valence-electron chi connectivity index (χ3n) is 4.00. The second-order valence-corrected chi connectivity index (χ2v) is 6.27. The molecule has 0 bridgehead atoms. The normalized spacial score (nSPS) is 11.5. The van der Waals surface area contributed by atoms with Crippen molar-refractivity contribution in [3.63, 3.8) is 0 Å². The third-order valence-corrected chi connectivity index (χ3v) is 4.00. The lowest BCUT2D eigenvalue weighted by Crippen LogP contribution is -2.36. The van der Waals surface area contributed by atoms with E-state index in [0.29, 0.717) is 19.8 Å². The smallest absolute Gasteiger partial charge is 0.191 e. The van der Waals surface area contributed by atoms with Crippen molar-refractivity contribution in [2.24, 2.45) is 12.0 Å². The second kappa shape index (κ2) is 10.5. The highest BCUT2D eigenvalue weighted by molar-refractivity contribution is 5.79. The minimum atomic E-state index is 0.644. The van der Waals surface area contributed by atoms with Crippen molar-refractivity contribution in [1.82, 2.24) is 15.2 Å². The van der Waals surface area contributed by atoms with Gasteiger partial charge in [-0.1, -0.05) is 12.1 Å². The van der Waals surface area contributed by atoms with Crippen molar-refractivity contribution in [1.29, 1.82) is 0 Å². The summed E-state index contributed by atoms with van der Waals surface area (Å²) in [6.07, 6.45) is 5.00. The van der Waals surface area contributed by atoms with Gasteiger partial charge in [0.05, 0.1) is 6.61 Å². The molecule has 26 heavy (non-hydrogen) atoms. The summed E-state index contributed by atoms with van der Waals surface area (Å²) in [7, 11) is 5.50. The number of hydrogen-bond donors (Lipinski definition) is 2. The van der Waals surface area contributed by atoms with E-state index in [2.05, 4.69) is 53.0 Å². The largest absolute Gasteiger partial charge is 0.493 e. The molecule has 0 atom stereocenters. The predicted octanol–water partition coefficient (Wildman–Crippen LogP) is 2.61. The summed E-state index contributed by atoms with van der Waals surface area (Å²) in [6, 6.07) is 8.35. The predicted molar refractivity (Wildman–Crippen MR) is 106 cm³/mol. The molecule has 2 N–H and O–H groups in total. The summed E-state index contributed by atoms with van der Waals surface area (Å²) >= 11 is 0. The Bertz CT molecular complexity index is 710. The lowest BCUT2D eigenvalue weighted by Gasteiger charge is -2.15. The fourth-order valence-electron chi connectivity index (χ4n) is 2.58. The van der Waals surface area contributed by atoms with Gasteiger partial charge in [-0.25, -0.2) is 0 Å². The lowest BCUT2D eigenvalue weighted by atomic mass is 10.1. The number of nitrogens with zero attached hydrogens (tertiary/aromatic N) is 2. The Labute approximate surface area is 156 Å². The number of methoxy groups -OCH3 is 1. The zero-order valence-electron chi connectivity index (χ0n) is 16.2. The SMILES string of the molecule is CN=C(NCc1ccn(C)c1)NCc1ccc(C)cc1OCCCOC. The van der Waals surface area contributed by atoms with Crippen molar-refractivity contribution in [2.75, 3.05) is 27.4 Å². The van der Waals surface area contributed by atoms with Gasteiger partial charge in [0, 0.05) is 65.3 Å². The van der Waals surface area contributed by atoms with Crippen molar-refractivity contribution < 1.29 is 9.47 Å². The first-order valence-corrected chi connectivity index (χ1v) is 8.89. The Balaban J connectivity index is 1.89. The first-order chi connectivity index (χ1) is 12.6. The minimum Gasteiger partial charge on any atom is -0.493 e. The van der Waals surface area contributed by atoms with Crippen molar-refractivity contribution in [3.05, 3.63) is 53.3 Å². The molecule has 1 aromatic heterocycles. The summed E-state index contributed by atoms with van der Waals surface area (Å²) in [5.41, 5.74) is 3.51. The Hall–Kier alpha value is -2.47. The first kappa shape index (κ1) is 19.8. The van der Waals surface area contributed by atoms with Crippen LogP contribution < -0.4 is 15.4 Å². The number of nitrogens with one attached hydrogen (secondary N) is 2. The van der Waals surface area contributed by atoms with Gasteiger partial charge in [0.2, 0.25) is 0 Å². The molecule has 0 aliphatic heterocycles. The van der Waals surface area contributed by atoms with Crippen LogP contribution in [0.3, 0.4) is 0 Å². The molecule has 1 aromatic carbocycles. The molecule has 0 aliphatic carbocycles. The Morgan fingerprint density at radius 2 is 1.96 bits per heavy atom. The van der Waals surface area contributed by atoms with Crippen LogP contribution in [-0.2, 0) is 24.9 Å². The molecule has 6 heteroatoms. The molecule has 0 spiro atoms. The van der Waals surface area contributed by atoms with Gasteiger partial charge < -0.3 is 24.7 Å². The van der Waals surface area contributed by atoms with Gasteiger partial charge in [-0.15, -0.1) is 0 Å². The van der Waals surface area contributed by atoms with Gasteiger partial charge in [-0.2, -0.15) is 0 Å². The monoisotopic (exact) mass is 358 g/mol. The van der Waals surface area contributed by atoms with E-state index >= 15 is 0 Å². The van der Waals surface area contributed by atoms with Crippen LogP contribution in [0.15, 0.2) is 41.7 Å². The molecule has 0 amide bonds. The van der Waals surface area contributed by atoms with E-state index < -0.39 is 0 Å². The first-order valence-electron chi connectivity index (χ1n) is 8.89. The molecule has 2 rings (SSSR count). The number of aryl methyl sites for hydroxylation is 2. The zero-order chi connectivity index (χ0) is 18.8. The second-order valence-electron chi connectivity index (χ2n) is 6.27. The third kappa shape index (κ3) is 6.44. The average Bonchev–Trinajstić information content (AvgIpc) is 3.05. The van der Waals surface area contributed by atoms with E-state index in [-0.39, 0.29) is 0 Å². The molecular formula is C20H30N4O2. The molecule has 2 aromatic rings. The van der Waals surface area contributed by atoms with Crippen LogP contribution in [0.5, 0.6) is 5.75 Å². The van der Waals surface area contributed by atoms with Crippen LogP contribution >= 0.6 is 0 Å². The molecule has 142 valence electrons. The molecule has 6 nitrogen and oxygen atoms in total. The van der Waals surface area contributed by atoms with Gasteiger partial charge in [-0.3, -0.25) is 4.99 Å². The van der Waals surface area contributed by atoms with Gasteiger partial charge in [-0.05, 0) is 30.2 Å². The van der Waals surface area contributed by atoms with Crippen LogP contribution in [0.2, 0.25) is 0 Å². The van der Waals surface area contributed by atoms with Gasteiger partial charge in [0.1, 0.15) is 5.75 Å². The Kier molecular flexibility index (Phi) is 8.02. The summed E-state index contributed by atoms with van der Waals surface area (Å²) in [5, 5.41) is 6.68. The molecule has 0 radical (unpaired) electrons. The summed E-state index contributed by atoms with van der Waals surface area (Å²) in [6.45, 7) is 4.80. The average molecular weight is 358 g/mol. The Morgan fingerprint density at radius 1 is 1.15 bits per heavy atom. The van der Waals surface area contributed by atoms with Gasteiger partial charge in [0.15, 0.2) is 5.96 Å². The van der Waals surface area contributed by atoms with E-state index in [1.54, 1.807) is 14.2 Å². The number of guanidine groups is 1. The van der Waals surface area contributed by atoms with E-state index in [1.807, 2.05) is 17.8 Å². The quantitative estimate of drug-likeness (QED) is 0.411. The van der Waals surface area contributed by atoms with Gasteiger partial charge >= 0.3 is 0 Å². The maximum absolute atomic E-state index is 5.93. The number of aliphatic imine (C=N–C) groups is 1. The number of ether oxygens (including phenoxy) is 2. The van der Waals surface area contributed by atoms with Gasteiger partial charge in [0.25, 0.3) is 0 Å². The fraction of sp³-hybridized carbons (Fsp3) is 0.450. The van der Waals surface area contributed by atoms with E-state index in [1.165, 1.54) is 11.1 Å². The summed E-state index contributed by atoms with van der Waals surface area (Å²) < 4.78 is 13.0. The van der Waals surface area contributed by atoms with Crippen LogP contribution in [0.4, 0.5) is 0 Å². The van der Waals surface area contributed by atoms with Crippen LogP contribution in [-0.4, -0.2) is 37.9 Å². The molecule has 0 saturated heterocycles. The topological polar surface area (TPSA) is 59.8 Å². The molecule has 0 unspecified atom stereocenters. The van der Waals surface area contributed by atoms with Crippen LogP contribution in [0.1, 0.15) is 23.1 Å². The summed E-state index contributed by atoms with van der Waals surface area (Å²) in [4.78, 5) is 4.29. The van der Waals surface area contributed by atoms with Crippen LogP contribution in [0.25, 0.3) is 0 Å². The van der Waals surface area contributed by atoms with E-state index in [9.17, 15) is 0 Å².